The second-order valence-corrected chi connectivity index (χ2v) is 7.31. The summed E-state index contributed by atoms with van der Waals surface area (Å²) in [5, 5.41) is 0. The number of aryl methyl sites for hydroxylation is 1. The van der Waals surface area contributed by atoms with Crippen LogP contribution in [-0.4, -0.2) is 15.4 Å². The summed E-state index contributed by atoms with van der Waals surface area (Å²) < 4.78 is 8.28. The number of alkyl halides is 1. The minimum atomic E-state index is 0.497. The summed E-state index contributed by atoms with van der Waals surface area (Å²) in [4.78, 5) is 4.80. The molecule has 0 atom stereocenters. The van der Waals surface area contributed by atoms with Crippen molar-refractivity contribution in [3.05, 3.63) is 60.4 Å². The highest BCUT2D eigenvalue weighted by molar-refractivity contribution is 6.17. The van der Waals surface area contributed by atoms with E-state index in [4.69, 9.17) is 21.3 Å². The molecule has 0 bridgehead atoms. The van der Waals surface area contributed by atoms with E-state index in [1.807, 2.05) is 36.4 Å². The van der Waals surface area contributed by atoms with Crippen molar-refractivity contribution in [2.24, 2.45) is 0 Å². The summed E-state index contributed by atoms with van der Waals surface area (Å²) in [5.74, 6) is 2.68. The first-order chi connectivity index (χ1) is 13.4. The van der Waals surface area contributed by atoms with Crippen molar-refractivity contribution >= 4 is 22.6 Å². The van der Waals surface area contributed by atoms with Crippen LogP contribution in [-0.2, 0) is 13.2 Å². The fourth-order valence-corrected chi connectivity index (χ4v) is 3.59. The normalized spacial score (nSPS) is 11.1. The van der Waals surface area contributed by atoms with Gasteiger partial charge in [0, 0.05) is 12.4 Å². The molecule has 0 amide bonds. The molecular formula is C23H29ClN2O. The van der Waals surface area contributed by atoms with E-state index in [0.29, 0.717) is 6.61 Å². The molecule has 3 aromatic rings. The van der Waals surface area contributed by atoms with Gasteiger partial charge >= 0.3 is 0 Å². The molecule has 1 aromatic heterocycles. The first kappa shape index (κ1) is 19.8. The molecule has 2 aromatic carbocycles. The van der Waals surface area contributed by atoms with Gasteiger partial charge in [-0.3, -0.25) is 0 Å². The van der Waals surface area contributed by atoms with E-state index in [2.05, 4.69) is 22.8 Å². The molecule has 0 aliphatic rings. The van der Waals surface area contributed by atoms with Crippen molar-refractivity contribution in [2.45, 2.75) is 58.1 Å². The number of hydrogen-bond acceptors (Lipinski definition) is 2. The minimum absolute atomic E-state index is 0.497. The van der Waals surface area contributed by atoms with Crippen LogP contribution in [0.25, 0.3) is 11.0 Å². The quantitative estimate of drug-likeness (QED) is 0.260. The number of aromatic nitrogens is 2. The van der Waals surface area contributed by atoms with Gasteiger partial charge < -0.3 is 9.30 Å². The number of rotatable bonds is 12. The number of halogens is 1. The van der Waals surface area contributed by atoms with Crippen molar-refractivity contribution in [1.29, 1.82) is 0 Å². The Morgan fingerprint density at radius 2 is 1.44 bits per heavy atom. The lowest BCUT2D eigenvalue weighted by atomic mass is 10.1. The largest absolute Gasteiger partial charge is 0.486 e. The van der Waals surface area contributed by atoms with E-state index >= 15 is 0 Å². The minimum Gasteiger partial charge on any atom is -0.486 e. The molecule has 4 heteroatoms. The van der Waals surface area contributed by atoms with Crippen molar-refractivity contribution in [2.75, 3.05) is 5.88 Å². The van der Waals surface area contributed by atoms with Gasteiger partial charge in [0.2, 0.25) is 0 Å². The molecule has 0 aliphatic heterocycles. The first-order valence-corrected chi connectivity index (χ1v) is 10.6. The molecule has 1 heterocycles. The van der Waals surface area contributed by atoms with Crippen LogP contribution in [0.15, 0.2) is 54.6 Å². The highest BCUT2D eigenvalue weighted by Gasteiger charge is 2.10. The van der Waals surface area contributed by atoms with Crippen LogP contribution in [0, 0.1) is 0 Å². The third kappa shape index (κ3) is 6.00. The zero-order chi connectivity index (χ0) is 18.7. The van der Waals surface area contributed by atoms with Crippen LogP contribution in [0.5, 0.6) is 5.75 Å². The van der Waals surface area contributed by atoms with Gasteiger partial charge in [-0.1, -0.05) is 62.4 Å². The van der Waals surface area contributed by atoms with Crippen LogP contribution in [0.2, 0.25) is 0 Å². The molecule has 0 spiro atoms. The van der Waals surface area contributed by atoms with Gasteiger partial charge in [0.1, 0.15) is 18.2 Å². The van der Waals surface area contributed by atoms with Gasteiger partial charge in [-0.25, -0.2) is 4.98 Å². The molecule has 3 rings (SSSR count). The SMILES string of the molecule is ClCCCCCCCCCn1c(COc2ccccc2)nc2ccccc21. The lowest BCUT2D eigenvalue weighted by molar-refractivity contribution is 0.289. The Balaban J connectivity index is 1.56. The maximum Gasteiger partial charge on any atom is 0.147 e. The smallest absolute Gasteiger partial charge is 0.147 e. The number of unbranched alkanes of at least 4 members (excludes halogenated alkanes) is 6. The van der Waals surface area contributed by atoms with Gasteiger partial charge in [0.25, 0.3) is 0 Å². The van der Waals surface area contributed by atoms with E-state index in [0.717, 1.165) is 35.9 Å². The second-order valence-electron chi connectivity index (χ2n) is 6.93. The average Bonchev–Trinajstić information content (AvgIpc) is 3.07. The zero-order valence-electron chi connectivity index (χ0n) is 15.9. The monoisotopic (exact) mass is 384 g/mol. The molecule has 0 N–H and O–H groups in total. The molecule has 3 nitrogen and oxygen atoms in total. The van der Waals surface area contributed by atoms with Gasteiger partial charge in [-0.05, 0) is 37.1 Å². The summed E-state index contributed by atoms with van der Waals surface area (Å²) in [6.07, 6.45) is 8.75. The molecule has 0 saturated heterocycles. The van der Waals surface area contributed by atoms with Crippen molar-refractivity contribution < 1.29 is 4.74 Å². The van der Waals surface area contributed by atoms with Crippen LogP contribution < -0.4 is 4.74 Å². The summed E-state index contributed by atoms with van der Waals surface area (Å²) in [7, 11) is 0. The van der Waals surface area contributed by atoms with Gasteiger partial charge in [0.15, 0.2) is 0 Å². The van der Waals surface area contributed by atoms with Gasteiger partial charge in [-0.2, -0.15) is 0 Å². The molecule has 144 valence electrons. The topological polar surface area (TPSA) is 27.1 Å². The lowest BCUT2D eigenvalue weighted by Gasteiger charge is -2.10. The third-order valence-electron chi connectivity index (χ3n) is 4.86. The number of fused-ring (bicyclic) bond motifs is 1. The first-order valence-electron chi connectivity index (χ1n) is 10.1. The third-order valence-corrected chi connectivity index (χ3v) is 5.13. The average molecular weight is 385 g/mol. The molecule has 0 fully saturated rings. The number of imidazole rings is 1. The number of benzene rings is 2. The summed E-state index contributed by atoms with van der Waals surface area (Å²) in [6.45, 7) is 1.49. The molecule has 0 aliphatic carbocycles. The number of nitrogens with zero attached hydrogens (tertiary/aromatic N) is 2. The van der Waals surface area contributed by atoms with Gasteiger partial charge in [0.05, 0.1) is 11.0 Å². The predicted molar refractivity (Wildman–Crippen MR) is 114 cm³/mol. The summed E-state index contributed by atoms with van der Waals surface area (Å²) >= 11 is 5.73. The highest BCUT2D eigenvalue weighted by Crippen LogP contribution is 2.19. The van der Waals surface area contributed by atoms with Crippen molar-refractivity contribution in [1.82, 2.24) is 9.55 Å². The van der Waals surface area contributed by atoms with Crippen LogP contribution in [0.3, 0.4) is 0 Å². The fourth-order valence-electron chi connectivity index (χ4n) is 3.40. The van der Waals surface area contributed by atoms with E-state index in [1.54, 1.807) is 0 Å². The van der Waals surface area contributed by atoms with E-state index < -0.39 is 0 Å². The Bertz CT molecular complexity index is 801. The lowest BCUT2D eigenvalue weighted by Crippen LogP contribution is -2.07. The number of ether oxygens (including phenoxy) is 1. The summed E-state index contributed by atoms with van der Waals surface area (Å²) in [5.41, 5.74) is 2.25. The number of para-hydroxylation sites is 3. The Kier molecular flexibility index (Phi) is 8.03. The number of hydrogen-bond donors (Lipinski definition) is 0. The second kappa shape index (κ2) is 11.0. The highest BCUT2D eigenvalue weighted by atomic mass is 35.5. The Labute approximate surface area is 167 Å². The van der Waals surface area contributed by atoms with Crippen molar-refractivity contribution in [3.63, 3.8) is 0 Å². The molecule has 27 heavy (non-hydrogen) atoms. The molecule has 0 radical (unpaired) electrons. The van der Waals surface area contributed by atoms with Gasteiger partial charge in [-0.15, -0.1) is 11.6 Å². The Hall–Kier alpha value is -2.00. The maximum atomic E-state index is 5.95. The van der Waals surface area contributed by atoms with E-state index in [1.165, 1.54) is 44.0 Å². The zero-order valence-corrected chi connectivity index (χ0v) is 16.7. The van der Waals surface area contributed by atoms with Crippen LogP contribution >= 0.6 is 11.6 Å². The Morgan fingerprint density at radius 1 is 0.778 bits per heavy atom. The van der Waals surface area contributed by atoms with E-state index in [-0.39, 0.29) is 0 Å². The fraction of sp³-hybridized carbons (Fsp3) is 0.435. The van der Waals surface area contributed by atoms with Crippen molar-refractivity contribution in [3.8, 4) is 5.75 Å². The predicted octanol–water partition coefficient (Wildman–Crippen LogP) is 6.58. The van der Waals surface area contributed by atoms with E-state index in [9.17, 15) is 0 Å². The Morgan fingerprint density at radius 3 is 2.22 bits per heavy atom. The molecular weight excluding hydrogens is 356 g/mol. The molecule has 0 unspecified atom stereocenters. The standard InChI is InChI=1S/C23H29ClN2O/c24-17-11-4-2-1-3-5-12-18-26-22-16-10-9-15-21(22)25-23(26)19-27-20-13-7-6-8-14-20/h6-10,13-16H,1-5,11-12,17-19H2. The molecule has 0 saturated carbocycles. The van der Waals surface area contributed by atoms with Crippen LogP contribution in [0.1, 0.15) is 50.8 Å². The maximum absolute atomic E-state index is 5.95. The van der Waals surface area contributed by atoms with Crippen LogP contribution in [0.4, 0.5) is 0 Å². The summed E-state index contributed by atoms with van der Waals surface area (Å²) in [6, 6.07) is 18.3.